The van der Waals surface area contributed by atoms with Crippen LogP contribution in [0.1, 0.15) is 34.5 Å². The number of aliphatic carboxylic acids is 1. The summed E-state index contributed by atoms with van der Waals surface area (Å²) in [6, 6.07) is 7.57. The second-order valence-electron chi connectivity index (χ2n) is 6.72. The monoisotopic (exact) mass is 356 g/mol. The SMILES string of the molecule is Cc1ccccc1CN1CCN(C(=O)c2cnn(C(C)C(=O)O)c2)CC1. The van der Waals surface area contributed by atoms with Gasteiger partial charge in [-0.15, -0.1) is 0 Å². The Morgan fingerprint density at radius 1 is 1.19 bits per heavy atom. The highest BCUT2D eigenvalue weighted by atomic mass is 16.4. The molecule has 0 saturated carbocycles. The topological polar surface area (TPSA) is 78.7 Å². The Hall–Kier alpha value is -2.67. The highest BCUT2D eigenvalue weighted by Crippen LogP contribution is 2.15. The summed E-state index contributed by atoms with van der Waals surface area (Å²) in [5, 5.41) is 13.1. The van der Waals surface area contributed by atoms with Crippen molar-refractivity contribution in [2.45, 2.75) is 26.4 Å². The Balaban J connectivity index is 1.57. The quantitative estimate of drug-likeness (QED) is 0.884. The fourth-order valence-corrected chi connectivity index (χ4v) is 3.09. The largest absolute Gasteiger partial charge is 0.480 e. The first-order valence-electron chi connectivity index (χ1n) is 8.79. The van der Waals surface area contributed by atoms with E-state index in [1.807, 2.05) is 6.07 Å². The van der Waals surface area contributed by atoms with Gasteiger partial charge in [-0.1, -0.05) is 24.3 Å². The van der Waals surface area contributed by atoms with E-state index in [0.29, 0.717) is 18.7 Å². The summed E-state index contributed by atoms with van der Waals surface area (Å²) in [4.78, 5) is 27.8. The fourth-order valence-electron chi connectivity index (χ4n) is 3.09. The molecule has 1 saturated heterocycles. The first kappa shape index (κ1) is 18.1. The molecule has 0 bridgehead atoms. The van der Waals surface area contributed by atoms with E-state index in [1.165, 1.54) is 35.1 Å². The third-order valence-corrected chi connectivity index (χ3v) is 4.92. The van der Waals surface area contributed by atoms with Gasteiger partial charge < -0.3 is 10.0 Å². The zero-order valence-electron chi connectivity index (χ0n) is 15.1. The van der Waals surface area contributed by atoms with Crippen molar-refractivity contribution >= 4 is 11.9 Å². The second kappa shape index (κ2) is 7.70. The van der Waals surface area contributed by atoms with Gasteiger partial charge in [0, 0.05) is 38.9 Å². The van der Waals surface area contributed by atoms with Crippen LogP contribution in [-0.2, 0) is 11.3 Å². The van der Waals surface area contributed by atoms with Crippen molar-refractivity contribution < 1.29 is 14.7 Å². The van der Waals surface area contributed by atoms with E-state index in [2.05, 4.69) is 35.1 Å². The summed E-state index contributed by atoms with van der Waals surface area (Å²) >= 11 is 0. The number of carbonyl (C=O) groups is 2. The lowest BCUT2D eigenvalue weighted by Gasteiger charge is -2.34. The molecule has 1 N–H and O–H groups in total. The van der Waals surface area contributed by atoms with E-state index in [4.69, 9.17) is 5.11 Å². The maximum Gasteiger partial charge on any atom is 0.328 e. The number of hydrogen-bond donors (Lipinski definition) is 1. The predicted octanol–water partition coefficient (Wildman–Crippen LogP) is 1.80. The highest BCUT2D eigenvalue weighted by molar-refractivity contribution is 5.93. The molecule has 1 unspecified atom stereocenters. The number of aryl methyl sites for hydroxylation is 1. The smallest absolute Gasteiger partial charge is 0.328 e. The average molecular weight is 356 g/mol. The van der Waals surface area contributed by atoms with Crippen LogP contribution in [0.5, 0.6) is 0 Å². The van der Waals surface area contributed by atoms with Gasteiger partial charge in [-0.2, -0.15) is 5.10 Å². The van der Waals surface area contributed by atoms with Crippen LogP contribution in [0.15, 0.2) is 36.7 Å². The van der Waals surface area contributed by atoms with Gasteiger partial charge in [-0.05, 0) is 25.0 Å². The summed E-state index contributed by atoms with van der Waals surface area (Å²) in [7, 11) is 0. The van der Waals surface area contributed by atoms with Crippen molar-refractivity contribution in [1.29, 1.82) is 0 Å². The molecule has 1 aliphatic rings. The molecule has 1 aliphatic heterocycles. The molecule has 7 heteroatoms. The van der Waals surface area contributed by atoms with Crippen LogP contribution in [0.2, 0.25) is 0 Å². The maximum absolute atomic E-state index is 12.6. The Labute approximate surface area is 152 Å². The summed E-state index contributed by atoms with van der Waals surface area (Å²) in [5.41, 5.74) is 3.03. The normalized spacial score (nSPS) is 16.5. The minimum atomic E-state index is -0.975. The van der Waals surface area contributed by atoms with Gasteiger partial charge in [0.25, 0.3) is 5.91 Å². The van der Waals surface area contributed by atoms with Crippen LogP contribution < -0.4 is 0 Å². The molecule has 1 aromatic heterocycles. The van der Waals surface area contributed by atoms with Gasteiger partial charge in [-0.25, -0.2) is 4.79 Å². The van der Waals surface area contributed by atoms with Crippen LogP contribution in [0.3, 0.4) is 0 Å². The third-order valence-electron chi connectivity index (χ3n) is 4.92. The van der Waals surface area contributed by atoms with E-state index in [1.54, 1.807) is 4.90 Å². The molecular weight excluding hydrogens is 332 g/mol. The number of rotatable bonds is 5. The molecule has 2 heterocycles. The van der Waals surface area contributed by atoms with Gasteiger partial charge >= 0.3 is 5.97 Å². The minimum absolute atomic E-state index is 0.0932. The Morgan fingerprint density at radius 2 is 1.88 bits per heavy atom. The first-order valence-corrected chi connectivity index (χ1v) is 8.79. The molecule has 26 heavy (non-hydrogen) atoms. The van der Waals surface area contributed by atoms with E-state index in [0.717, 1.165) is 19.6 Å². The van der Waals surface area contributed by atoms with Gasteiger partial charge in [-0.3, -0.25) is 14.4 Å². The maximum atomic E-state index is 12.6. The number of amides is 1. The fraction of sp³-hybridized carbons (Fsp3) is 0.421. The van der Waals surface area contributed by atoms with E-state index < -0.39 is 12.0 Å². The second-order valence-corrected chi connectivity index (χ2v) is 6.72. The van der Waals surface area contributed by atoms with Crippen molar-refractivity contribution in [3.63, 3.8) is 0 Å². The van der Waals surface area contributed by atoms with E-state index in [-0.39, 0.29) is 5.91 Å². The molecular formula is C19H24N4O3. The Morgan fingerprint density at radius 3 is 2.54 bits per heavy atom. The van der Waals surface area contributed by atoms with Crippen molar-refractivity contribution in [1.82, 2.24) is 19.6 Å². The van der Waals surface area contributed by atoms with Crippen molar-refractivity contribution in [2.24, 2.45) is 0 Å². The van der Waals surface area contributed by atoms with E-state index in [9.17, 15) is 9.59 Å². The van der Waals surface area contributed by atoms with Crippen LogP contribution in [0.4, 0.5) is 0 Å². The Bertz CT molecular complexity index is 794. The molecule has 1 amide bonds. The minimum Gasteiger partial charge on any atom is -0.480 e. The number of piperazine rings is 1. The third kappa shape index (κ3) is 3.94. The average Bonchev–Trinajstić information content (AvgIpc) is 3.13. The van der Waals surface area contributed by atoms with Crippen LogP contribution in [-0.4, -0.2) is 62.7 Å². The molecule has 1 atom stereocenters. The van der Waals surface area contributed by atoms with Crippen molar-refractivity contribution in [3.8, 4) is 0 Å². The molecule has 2 aromatic rings. The molecule has 0 radical (unpaired) electrons. The molecule has 0 aliphatic carbocycles. The first-order chi connectivity index (χ1) is 12.5. The van der Waals surface area contributed by atoms with E-state index >= 15 is 0 Å². The van der Waals surface area contributed by atoms with Crippen LogP contribution in [0, 0.1) is 6.92 Å². The highest BCUT2D eigenvalue weighted by Gasteiger charge is 2.24. The number of aromatic nitrogens is 2. The summed E-state index contributed by atoms with van der Waals surface area (Å²) in [5.74, 6) is -1.07. The molecule has 3 rings (SSSR count). The Kier molecular flexibility index (Phi) is 5.37. The number of benzene rings is 1. The molecule has 1 aromatic carbocycles. The molecule has 0 spiro atoms. The van der Waals surface area contributed by atoms with Crippen molar-refractivity contribution in [3.05, 3.63) is 53.3 Å². The zero-order valence-corrected chi connectivity index (χ0v) is 15.1. The van der Waals surface area contributed by atoms with Gasteiger partial charge in [0.2, 0.25) is 0 Å². The summed E-state index contributed by atoms with van der Waals surface area (Å²) in [6.45, 7) is 7.50. The number of nitrogens with zero attached hydrogens (tertiary/aromatic N) is 4. The molecule has 7 nitrogen and oxygen atoms in total. The van der Waals surface area contributed by atoms with Crippen LogP contribution >= 0.6 is 0 Å². The van der Waals surface area contributed by atoms with Crippen molar-refractivity contribution in [2.75, 3.05) is 26.2 Å². The summed E-state index contributed by atoms with van der Waals surface area (Å²) < 4.78 is 1.31. The number of carboxylic acids is 1. The number of carboxylic acid groups (broad SMARTS) is 1. The molecule has 138 valence electrons. The van der Waals surface area contributed by atoms with Gasteiger partial charge in [0.15, 0.2) is 0 Å². The lowest BCUT2D eigenvalue weighted by atomic mass is 10.1. The van der Waals surface area contributed by atoms with Crippen LogP contribution in [0.25, 0.3) is 0 Å². The lowest BCUT2D eigenvalue weighted by Crippen LogP contribution is -2.48. The number of hydrogen-bond acceptors (Lipinski definition) is 4. The zero-order chi connectivity index (χ0) is 18.7. The summed E-state index contributed by atoms with van der Waals surface area (Å²) in [6.07, 6.45) is 2.96. The lowest BCUT2D eigenvalue weighted by molar-refractivity contribution is -0.140. The predicted molar refractivity (Wildman–Crippen MR) is 96.9 cm³/mol. The van der Waals surface area contributed by atoms with Gasteiger partial charge in [0.05, 0.1) is 11.8 Å². The van der Waals surface area contributed by atoms with Gasteiger partial charge in [0.1, 0.15) is 6.04 Å². The standard InChI is InChI=1S/C19H24N4O3/c1-14-5-3-4-6-16(14)12-21-7-9-22(10-8-21)18(24)17-11-20-23(13-17)15(2)19(25)26/h3-6,11,13,15H,7-10,12H2,1-2H3,(H,25,26). The number of carbonyl (C=O) groups excluding carboxylic acids is 1. The molecule has 1 fully saturated rings.